The second kappa shape index (κ2) is 6.91. The molecule has 0 aromatic heterocycles. The minimum atomic E-state index is 0.376. The van der Waals surface area contributed by atoms with Gasteiger partial charge in [0, 0.05) is 26.2 Å². The van der Waals surface area contributed by atoms with E-state index in [0.29, 0.717) is 18.5 Å². The van der Waals surface area contributed by atoms with E-state index in [1.807, 2.05) is 7.11 Å². The Bertz CT molecular complexity index is 456. The van der Waals surface area contributed by atoms with Crippen LogP contribution in [0.25, 0.3) is 0 Å². The quantitative estimate of drug-likeness (QED) is 0.874. The number of rotatable bonds is 6. The highest BCUT2D eigenvalue weighted by atomic mass is 16.5. The number of ether oxygens (including phenoxy) is 1. The van der Waals surface area contributed by atoms with Crippen LogP contribution in [0.3, 0.4) is 0 Å². The summed E-state index contributed by atoms with van der Waals surface area (Å²) in [5, 5.41) is 0. The van der Waals surface area contributed by atoms with Gasteiger partial charge in [-0.05, 0) is 55.2 Å². The molecule has 1 aromatic rings. The van der Waals surface area contributed by atoms with Crippen LogP contribution in [0.5, 0.6) is 0 Å². The molecule has 1 saturated carbocycles. The zero-order valence-corrected chi connectivity index (χ0v) is 13.1. The molecule has 0 amide bonds. The Hall–Kier alpha value is -0.900. The van der Waals surface area contributed by atoms with Crippen molar-refractivity contribution in [3.63, 3.8) is 0 Å². The lowest BCUT2D eigenvalue weighted by Gasteiger charge is -2.38. The topological polar surface area (TPSA) is 38.5 Å². The van der Waals surface area contributed by atoms with Gasteiger partial charge < -0.3 is 10.5 Å². The van der Waals surface area contributed by atoms with Crippen molar-refractivity contribution in [1.29, 1.82) is 0 Å². The predicted octanol–water partition coefficient (Wildman–Crippen LogP) is 2.92. The van der Waals surface area contributed by atoms with Gasteiger partial charge in [0.15, 0.2) is 0 Å². The van der Waals surface area contributed by atoms with Crippen LogP contribution in [0, 0.1) is 5.92 Å². The van der Waals surface area contributed by atoms with Crippen molar-refractivity contribution in [3.8, 4) is 0 Å². The zero-order chi connectivity index (χ0) is 14.7. The average Bonchev–Trinajstić information content (AvgIpc) is 3.34. The molecule has 3 nitrogen and oxygen atoms in total. The van der Waals surface area contributed by atoms with E-state index in [-0.39, 0.29) is 0 Å². The lowest BCUT2D eigenvalue weighted by molar-refractivity contribution is 0.0695. The van der Waals surface area contributed by atoms with Gasteiger partial charge >= 0.3 is 0 Å². The van der Waals surface area contributed by atoms with Gasteiger partial charge in [-0.15, -0.1) is 0 Å². The molecule has 1 aliphatic heterocycles. The Morgan fingerprint density at radius 3 is 2.81 bits per heavy atom. The summed E-state index contributed by atoms with van der Waals surface area (Å²) in [6.07, 6.45) is 5.24. The van der Waals surface area contributed by atoms with Crippen LogP contribution in [-0.4, -0.2) is 38.3 Å². The molecule has 3 rings (SSSR count). The molecule has 2 atom stereocenters. The molecule has 2 unspecified atom stereocenters. The largest absolute Gasteiger partial charge is 0.384 e. The number of nitrogens with zero attached hydrogens (tertiary/aromatic N) is 1. The van der Waals surface area contributed by atoms with Crippen molar-refractivity contribution in [2.24, 2.45) is 11.7 Å². The normalized spacial score (nSPS) is 25.0. The Morgan fingerprint density at radius 2 is 2.10 bits per heavy atom. The molecule has 1 aliphatic carbocycles. The lowest BCUT2D eigenvalue weighted by atomic mass is 9.92. The van der Waals surface area contributed by atoms with Crippen molar-refractivity contribution in [3.05, 3.63) is 35.4 Å². The van der Waals surface area contributed by atoms with Gasteiger partial charge in [-0.25, -0.2) is 0 Å². The van der Waals surface area contributed by atoms with Gasteiger partial charge in [0.05, 0.1) is 6.61 Å². The minimum absolute atomic E-state index is 0.376. The fourth-order valence-corrected chi connectivity index (χ4v) is 3.81. The smallest absolute Gasteiger partial charge is 0.0502 e. The molecule has 0 radical (unpaired) electrons. The molecule has 116 valence electrons. The van der Waals surface area contributed by atoms with E-state index in [1.165, 1.54) is 37.8 Å². The van der Waals surface area contributed by atoms with E-state index in [4.69, 9.17) is 10.5 Å². The van der Waals surface area contributed by atoms with Gasteiger partial charge in [0.25, 0.3) is 0 Å². The SMILES string of the molecule is COCC1CCCN(C(CN)c2ccccc2C2CC2)C1. The molecule has 1 heterocycles. The maximum atomic E-state index is 6.17. The standard InChI is InChI=1S/C18H28N2O/c1-21-13-14-5-4-10-20(12-14)18(11-19)17-7-3-2-6-16(17)15-8-9-15/h2-3,6-7,14-15,18H,4-5,8-13,19H2,1H3. The van der Waals surface area contributed by atoms with Crippen LogP contribution in [0.2, 0.25) is 0 Å². The summed E-state index contributed by atoms with van der Waals surface area (Å²) < 4.78 is 5.36. The van der Waals surface area contributed by atoms with Crippen LogP contribution in [0.1, 0.15) is 48.8 Å². The Labute approximate surface area is 128 Å². The van der Waals surface area contributed by atoms with Crippen LogP contribution in [0.4, 0.5) is 0 Å². The van der Waals surface area contributed by atoms with E-state index in [1.54, 1.807) is 5.56 Å². The van der Waals surface area contributed by atoms with Crippen molar-refractivity contribution in [2.45, 2.75) is 37.6 Å². The van der Waals surface area contributed by atoms with E-state index < -0.39 is 0 Å². The maximum Gasteiger partial charge on any atom is 0.0502 e. The zero-order valence-electron chi connectivity index (χ0n) is 13.1. The average molecular weight is 288 g/mol. The first-order chi connectivity index (χ1) is 10.3. The third-order valence-electron chi connectivity index (χ3n) is 4.99. The van der Waals surface area contributed by atoms with Crippen molar-refractivity contribution in [2.75, 3.05) is 33.4 Å². The van der Waals surface area contributed by atoms with Crippen molar-refractivity contribution >= 4 is 0 Å². The van der Waals surface area contributed by atoms with Crippen LogP contribution in [0.15, 0.2) is 24.3 Å². The third kappa shape index (κ3) is 3.47. The highest BCUT2D eigenvalue weighted by molar-refractivity contribution is 5.36. The first kappa shape index (κ1) is 15.0. The molecule has 1 aromatic carbocycles. The second-order valence-corrected chi connectivity index (χ2v) is 6.61. The fourth-order valence-electron chi connectivity index (χ4n) is 3.81. The van der Waals surface area contributed by atoms with Crippen molar-refractivity contribution in [1.82, 2.24) is 4.90 Å². The molecular formula is C18H28N2O. The molecular weight excluding hydrogens is 260 g/mol. The third-order valence-corrected chi connectivity index (χ3v) is 4.99. The predicted molar refractivity (Wildman–Crippen MR) is 86.4 cm³/mol. The van der Waals surface area contributed by atoms with E-state index in [2.05, 4.69) is 29.2 Å². The molecule has 1 saturated heterocycles. The monoisotopic (exact) mass is 288 g/mol. The number of methoxy groups -OCH3 is 1. The molecule has 2 aliphatic rings. The van der Waals surface area contributed by atoms with Gasteiger partial charge in [0.1, 0.15) is 0 Å². The lowest BCUT2D eigenvalue weighted by Crippen LogP contribution is -2.42. The summed E-state index contributed by atoms with van der Waals surface area (Å²) in [5.74, 6) is 1.45. The molecule has 2 fully saturated rings. The van der Waals surface area contributed by atoms with E-state index >= 15 is 0 Å². The van der Waals surface area contributed by atoms with Crippen LogP contribution < -0.4 is 5.73 Å². The van der Waals surface area contributed by atoms with Gasteiger partial charge in [0.2, 0.25) is 0 Å². The number of likely N-dealkylation sites (tertiary alicyclic amines) is 1. The van der Waals surface area contributed by atoms with Gasteiger partial charge in [-0.2, -0.15) is 0 Å². The minimum Gasteiger partial charge on any atom is -0.384 e. The van der Waals surface area contributed by atoms with E-state index in [0.717, 1.165) is 19.1 Å². The molecule has 2 N–H and O–H groups in total. The summed E-state index contributed by atoms with van der Waals surface area (Å²) in [6, 6.07) is 9.33. The summed E-state index contributed by atoms with van der Waals surface area (Å²) in [7, 11) is 1.81. The molecule has 3 heteroatoms. The highest BCUT2D eigenvalue weighted by Gasteiger charge is 2.31. The van der Waals surface area contributed by atoms with Crippen LogP contribution in [-0.2, 0) is 4.74 Å². The summed E-state index contributed by atoms with van der Waals surface area (Å²) in [6.45, 7) is 3.87. The Balaban J connectivity index is 1.78. The highest BCUT2D eigenvalue weighted by Crippen LogP contribution is 2.43. The molecule has 21 heavy (non-hydrogen) atoms. The van der Waals surface area contributed by atoms with Gasteiger partial charge in [-0.3, -0.25) is 4.90 Å². The summed E-state index contributed by atoms with van der Waals surface area (Å²) >= 11 is 0. The number of nitrogens with two attached hydrogens (primary N) is 1. The van der Waals surface area contributed by atoms with Gasteiger partial charge in [-0.1, -0.05) is 24.3 Å². The fraction of sp³-hybridized carbons (Fsp3) is 0.667. The number of hydrogen-bond acceptors (Lipinski definition) is 3. The number of piperidine rings is 1. The summed E-state index contributed by atoms with van der Waals surface area (Å²) in [5.41, 5.74) is 9.19. The van der Waals surface area contributed by atoms with Crippen molar-refractivity contribution < 1.29 is 4.74 Å². The van der Waals surface area contributed by atoms with Crippen LogP contribution >= 0.6 is 0 Å². The maximum absolute atomic E-state index is 6.17. The Morgan fingerprint density at radius 1 is 1.29 bits per heavy atom. The first-order valence-electron chi connectivity index (χ1n) is 8.35. The first-order valence-corrected chi connectivity index (χ1v) is 8.35. The molecule has 0 spiro atoms. The number of benzene rings is 1. The Kier molecular flexibility index (Phi) is 4.94. The number of hydrogen-bond donors (Lipinski definition) is 1. The summed E-state index contributed by atoms with van der Waals surface area (Å²) in [4.78, 5) is 2.59. The second-order valence-electron chi connectivity index (χ2n) is 6.61. The molecule has 0 bridgehead atoms. The van der Waals surface area contributed by atoms with E-state index in [9.17, 15) is 0 Å².